The van der Waals surface area contributed by atoms with Crippen LogP contribution >= 0.6 is 0 Å². The Balaban J connectivity index is 1.73. The van der Waals surface area contributed by atoms with Gasteiger partial charge in [-0.05, 0) is 29.8 Å². The molecule has 4 nitrogen and oxygen atoms in total. The summed E-state index contributed by atoms with van der Waals surface area (Å²) in [6, 6.07) is 26.5. The molecule has 3 aromatic rings. The Morgan fingerprint density at radius 3 is 2.18 bits per heavy atom. The molecule has 0 aliphatic carbocycles. The molecule has 0 unspecified atom stereocenters. The predicted molar refractivity (Wildman–Crippen MR) is 109 cm³/mol. The van der Waals surface area contributed by atoms with Crippen LogP contribution in [0.25, 0.3) is 11.8 Å². The summed E-state index contributed by atoms with van der Waals surface area (Å²) in [4.78, 5) is 14.9. The SMILES string of the molecule is COc1ccc(C=C2OC=C(c3ccccc3)N2C(=O)c2ccccc2)cc1. The Morgan fingerprint density at radius 1 is 0.893 bits per heavy atom. The van der Waals surface area contributed by atoms with Gasteiger partial charge in [0.1, 0.15) is 12.0 Å². The number of hydrogen-bond acceptors (Lipinski definition) is 3. The molecular weight excluding hydrogens is 350 g/mol. The van der Waals surface area contributed by atoms with Gasteiger partial charge in [-0.1, -0.05) is 60.7 Å². The van der Waals surface area contributed by atoms with Crippen molar-refractivity contribution in [3.05, 3.63) is 114 Å². The van der Waals surface area contributed by atoms with E-state index in [1.807, 2.05) is 78.9 Å². The van der Waals surface area contributed by atoms with E-state index in [0.29, 0.717) is 17.1 Å². The van der Waals surface area contributed by atoms with Crippen LogP contribution in [0.3, 0.4) is 0 Å². The van der Waals surface area contributed by atoms with Gasteiger partial charge in [0, 0.05) is 17.2 Å². The number of methoxy groups -OCH3 is 1. The van der Waals surface area contributed by atoms with Crippen LogP contribution < -0.4 is 4.74 Å². The molecule has 1 aliphatic rings. The molecule has 0 atom stereocenters. The third kappa shape index (κ3) is 3.53. The maximum atomic E-state index is 13.3. The van der Waals surface area contributed by atoms with E-state index in [0.717, 1.165) is 16.9 Å². The third-order valence-electron chi connectivity index (χ3n) is 4.45. The van der Waals surface area contributed by atoms with Crippen LogP contribution in [-0.4, -0.2) is 17.9 Å². The zero-order valence-corrected chi connectivity index (χ0v) is 15.4. The fraction of sp³-hybridized carbons (Fsp3) is 0.0417. The van der Waals surface area contributed by atoms with Gasteiger partial charge in [-0.25, -0.2) is 4.90 Å². The summed E-state index contributed by atoms with van der Waals surface area (Å²) in [6.45, 7) is 0. The maximum Gasteiger partial charge on any atom is 0.265 e. The molecule has 4 rings (SSSR count). The highest BCUT2D eigenvalue weighted by Gasteiger charge is 2.30. The fourth-order valence-electron chi connectivity index (χ4n) is 3.01. The van der Waals surface area contributed by atoms with Crippen molar-refractivity contribution in [2.45, 2.75) is 0 Å². The summed E-state index contributed by atoms with van der Waals surface area (Å²) >= 11 is 0. The molecule has 0 saturated carbocycles. The van der Waals surface area contributed by atoms with Gasteiger partial charge in [-0.15, -0.1) is 0 Å². The minimum absolute atomic E-state index is 0.145. The van der Waals surface area contributed by atoms with Gasteiger partial charge in [0.2, 0.25) is 5.88 Å². The number of benzene rings is 3. The van der Waals surface area contributed by atoms with Gasteiger partial charge in [0.05, 0.1) is 12.8 Å². The molecule has 3 aromatic carbocycles. The standard InChI is InChI=1S/C24H19NO3/c1-27-21-14-12-18(13-15-21)16-23-25(24(26)20-10-6-3-7-11-20)22(17-28-23)19-8-4-2-5-9-19/h2-17H,1H3. The Hall–Kier alpha value is -3.79. The molecule has 1 amide bonds. The van der Waals surface area contributed by atoms with Gasteiger partial charge in [0.25, 0.3) is 5.91 Å². The van der Waals surface area contributed by atoms with Gasteiger partial charge < -0.3 is 9.47 Å². The lowest BCUT2D eigenvalue weighted by Gasteiger charge is -2.20. The summed E-state index contributed by atoms with van der Waals surface area (Å²) < 4.78 is 11.0. The lowest BCUT2D eigenvalue weighted by molar-refractivity contribution is 0.0837. The van der Waals surface area contributed by atoms with Crippen molar-refractivity contribution in [2.24, 2.45) is 0 Å². The molecule has 0 spiro atoms. The topological polar surface area (TPSA) is 38.8 Å². The van der Waals surface area contributed by atoms with Gasteiger partial charge in [-0.3, -0.25) is 4.79 Å². The highest BCUT2D eigenvalue weighted by Crippen LogP contribution is 2.33. The molecule has 4 heteroatoms. The van der Waals surface area contributed by atoms with Crippen LogP contribution in [0.5, 0.6) is 5.75 Å². The number of ether oxygens (including phenoxy) is 2. The molecule has 0 aromatic heterocycles. The molecule has 28 heavy (non-hydrogen) atoms. The lowest BCUT2D eigenvalue weighted by Crippen LogP contribution is -2.26. The molecule has 0 N–H and O–H groups in total. The van der Waals surface area contributed by atoms with Crippen molar-refractivity contribution in [3.63, 3.8) is 0 Å². The largest absolute Gasteiger partial charge is 0.497 e. The third-order valence-corrected chi connectivity index (χ3v) is 4.45. The monoisotopic (exact) mass is 369 g/mol. The van der Waals surface area contributed by atoms with Gasteiger partial charge in [-0.2, -0.15) is 0 Å². The van der Waals surface area contributed by atoms with Crippen molar-refractivity contribution in [1.82, 2.24) is 4.90 Å². The first-order valence-corrected chi connectivity index (χ1v) is 8.94. The van der Waals surface area contributed by atoms with Crippen LogP contribution in [0.15, 0.2) is 97.1 Å². The molecule has 1 aliphatic heterocycles. The molecule has 1 heterocycles. The van der Waals surface area contributed by atoms with Crippen LogP contribution in [0.2, 0.25) is 0 Å². The quantitative estimate of drug-likeness (QED) is 0.637. The van der Waals surface area contributed by atoms with E-state index in [1.165, 1.54) is 0 Å². The van der Waals surface area contributed by atoms with E-state index in [1.54, 1.807) is 30.4 Å². The minimum Gasteiger partial charge on any atom is -0.497 e. The molecule has 0 radical (unpaired) electrons. The van der Waals surface area contributed by atoms with E-state index in [2.05, 4.69) is 0 Å². The van der Waals surface area contributed by atoms with Crippen molar-refractivity contribution >= 4 is 17.7 Å². The lowest BCUT2D eigenvalue weighted by atomic mass is 10.1. The first-order chi connectivity index (χ1) is 13.8. The normalized spacial score (nSPS) is 14.5. The summed E-state index contributed by atoms with van der Waals surface area (Å²) in [7, 11) is 1.63. The minimum atomic E-state index is -0.145. The molecule has 0 bridgehead atoms. The first kappa shape index (κ1) is 17.6. The summed E-state index contributed by atoms with van der Waals surface area (Å²) in [5.41, 5.74) is 3.11. The molecule has 0 fully saturated rings. The van der Waals surface area contributed by atoms with E-state index in [4.69, 9.17) is 9.47 Å². The number of rotatable bonds is 4. The van der Waals surface area contributed by atoms with Crippen LogP contribution in [0, 0.1) is 0 Å². The zero-order valence-electron chi connectivity index (χ0n) is 15.4. The second-order valence-corrected chi connectivity index (χ2v) is 6.25. The zero-order chi connectivity index (χ0) is 19.3. The maximum absolute atomic E-state index is 13.3. The van der Waals surface area contributed by atoms with Crippen LogP contribution in [0.4, 0.5) is 0 Å². The highest BCUT2D eigenvalue weighted by atomic mass is 16.5. The molecule has 138 valence electrons. The number of nitrogens with zero attached hydrogens (tertiary/aromatic N) is 1. The van der Waals surface area contributed by atoms with Crippen molar-refractivity contribution in [2.75, 3.05) is 7.11 Å². The Labute approximate surface area is 163 Å². The van der Waals surface area contributed by atoms with Crippen molar-refractivity contribution < 1.29 is 14.3 Å². The fourth-order valence-corrected chi connectivity index (χ4v) is 3.01. The summed E-state index contributed by atoms with van der Waals surface area (Å²) in [5, 5.41) is 0. The average Bonchev–Trinajstić information content (AvgIpc) is 3.18. The highest BCUT2D eigenvalue weighted by molar-refractivity contribution is 6.01. The van der Waals surface area contributed by atoms with Crippen LogP contribution in [0.1, 0.15) is 21.5 Å². The van der Waals surface area contributed by atoms with E-state index < -0.39 is 0 Å². The predicted octanol–water partition coefficient (Wildman–Crippen LogP) is 5.16. The first-order valence-electron chi connectivity index (χ1n) is 8.94. The number of hydrogen-bond donors (Lipinski definition) is 0. The van der Waals surface area contributed by atoms with Crippen molar-refractivity contribution in [3.8, 4) is 5.75 Å². The Bertz CT molecular complexity index is 1020. The Kier molecular flexibility index (Phi) is 4.93. The number of carbonyl (C=O) groups excluding carboxylic acids is 1. The number of amides is 1. The average molecular weight is 369 g/mol. The van der Waals surface area contributed by atoms with Crippen molar-refractivity contribution in [1.29, 1.82) is 0 Å². The Morgan fingerprint density at radius 2 is 1.54 bits per heavy atom. The van der Waals surface area contributed by atoms with Gasteiger partial charge >= 0.3 is 0 Å². The smallest absolute Gasteiger partial charge is 0.265 e. The van der Waals surface area contributed by atoms with E-state index in [9.17, 15) is 4.79 Å². The number of carbonyl (C=O) groups is 1. The second-order valence-electron chi connectivity index (χ2n) is 6.25. The second kappa shape index (κ2) is 7.84. The van der Waals surface area contributed by atoms with Gasteiger partial charge in [0.15, 0.2) is 0 Å². The summed E-state index contributed by atoms with van der Waals surface area (Å²) in [6.07, 6.45) is 3.46. The van der Waals surface area contributed by atoms with E-state index >= 15 is 0 Å². The van der Waals surface area contributed by atoms with E-state index in [-0.39, 0.29) is 5.91 Å². The van der Waals surface area contributed by atoms with Crippen LogP contribution in [-0.2, 0) is 4.74 Å². The molecule has 0 saturated heterocycles. The molecular formula is C24H19NO3. The summed E-state index contributed by atoms with van der Waals surface area (Å²) in [5.74, 6) is 1.08.